The van der Waals surface area contributed by atoms with E-state index in [0.29, 0.717) is 6.54 Å². The van der Waals surface area contributed by atoms with Crippen molar-refractivity contribution in [3.8, 4) is 0 Å². The molecule has 1 atom stereocenters. The number of carbonyl (C=O) groups excluding carboxylic acids is 1. The molecular weight excluding hydrogens is 314 g/mol. The molecule has 0 bridgehead atoms. The first kappa shape index (κ1) is 17.4. The molecule has 5 nitrogen and oxygen atoms in total. The molecule has 0 radical (unpaired) electrons. The van der Waals surface area contributed by atoms with Crippen LogP contribution in [0, 0.1) is 6.92 Å². The molecule has 1 saturated heterocycles. The maximum atomic E-state index is 12.9. The minimum absolute atomic E-state index is 0.152. The lowest BCUT2D eigenvalue weighted by Gasteiger charge is -2.24. The maximum Gasteiger partial charge on any atom is 0.263 e. The Hall–Kier alpha value is -2.40. The smallest absolute Gasteiger partial charge is 0.263 e. The van der Waals surface area contributed by atoms with Gasteiger partial charge in [0.2, 0.25) is 0 Å². The molecule has 1 aliphatic heterocycles. The van der Waals surface area contributed by atoms with Gasteiger partial charge < -0.3 is 14.8 Å². The van der Waals surface area contributed by atoms with Crippen LogP contribution in [0.4, 0.5) is 0 Å². The summed E-state index contributed by atoms with van der Waals surface area (Å²) in [4.78, 5) is 27.6. The van der Waals surface area contributed by atoms with Gasteiger partial charge in [0.25, 0.3) is 11.5 Å². The Morgan fingerprint density at radius 3 is 2.88 bits per heavy atom. The Kier molecular flexibility index (Phi) is 5.34. The van der Waals surface area contributed by atoms with Crippen LogP contribution in [0.1, 0.15) is 34.3 Å². The van der Waals surface area contributed by atoms with Crippen LogP contribution >= 0.6 is 0 Å². The molecule has 1 aromatic heterocycles. The third-order valence-electron chi connectivity index (χ3n) is 4.76. The van der Waals surface area contributed by atoms with Crippen LogP contribution < -0.4 is 10.9 Å². The maximum absolute atomic E-state index is 12.9. The van der Waals surface area contributed by atoms with Gasteiger partial charge in [0, 0.05) is 25.3 Å². The quantitative estimate of drug-likeness (QED) is 0.907. The summed E-state index contributed by atoms with van der Waals surface area (Å²) in [5.74, 6) is -0.152. The number of likely N-dealkylation sites (N-methyl/N-ethyl adjacent to an activating group) is 1. The van der Waals surface area contributed by atoms with Gasteiger partial charge in [-0.15, -0.1) is 0 Å². The van der Waals surface area contributed by atoms with Crippen molar-refractivity contribution in [1.82, 2.24) is 14.8 Å². The Morgan fingerprint density at radius 1 is 1.28 bits per heavy atom. The summed E-state index contributed by atoms with van der Waals surface area (Å²) in [6.07, 6.45) is 3.72. The topological polar surface area (TPSA) is 54.3 Å². The number of hydrogen-bond acceptors (Lipinski definition) is 3. The number of hydrogen-bond donors (Lipinski definition) is 1. The fraction of sp³-hybridized carbons (Fsp3) is 0.400. The van der Waals surface area contributed by atoms with E-state index in [4.69, 9.17) is 0 Å². The van der Waals surface area contributed by atoms with Crippen molar-refractivity contribution in [2.24, 2.45) is 0 Å². The van der Waals surface area contributed by atoms with E-state index in [1.807, 2.05) is 37.1 Å². The van der Waals surface area contributed by atoms with Gasteiger partial charge in [-0.2, -0.15) is 0 Å². The summed E-state index contributed by atoms with van der Waals surface area (Å²) in [6, 6.07) is 11.7. The number of nitrogens with one attached hydrogen (secondary N) is 1. The molecule has 132 valence electrons. The number of amides is 1. The van der Waals surface area contributed by atoms with Gasteiger partial charge in [-0.1, -0.05) is 29.8 Å². The van der Waals surface area contributed by atoms with Gasteiger partial charge in [-0.05, 0) is 44.5 Å². The number of likely N-dealkylation sites (tertiary alicyclic amines) is 1. The number of nitrogens with zero attached hydrogens (tertiary/aromatic N) is 2. The van der Waals surface area contributed by atoms with Crippen molar-refractivity contribution in [1.29, 1.82) is 0 Å². The molecular formula is C20H25N3O2. The van der Waals surface area contributed by atoms with E-state index >= 15 is 0 Å². The Morgan fingerprint density at radius 2 is 2.12 bits per heavy atom. The highest BCUT2D eigenvalue weighted by molar-refractivity contribution is 5.94. The van der Waals surface area contributed by atoms with Crippen LogP contribution in [0.25, 0.3) is 0 Å². The van der Waals surface area contributed by atoms with Crippen LogP contribution in [-0.4, -0.2) is 41.6 Å². The Labute approximate surface area is 148 Å². The van der Waals surface area contributed by atoms with E-state index in [9.17, 15) is 9.59 Å². The molecule has 1 aromatic carbocycles. The summed E-state index contributed by atoms with van der Waals surface area (Å²) in [7, 11) is 1.89. The molecule has 0 aliphatic carbocycles. The number of pyridine rings is 1. The van der Waals surface area contributed by atoms with E-state index in [-0.39, 0.29) is 23.1 Å². The molecule has 3 rings (SSSR count). The number of carbonyl (C=O) groups is 1. The van der Waals surface area contributed by atoms with Crippen molar-refractivity contribution in [3.63, 3.8) is 0 Å². The van der Waals surface area contributed by atoms with Crippen LogP contribution in [-0.2, 0) is 6.54 Å². The van der Waals surface area contributed by atoms with E-state index in [2.05, 4.69) is 11.4 Å². The van der Waals surface area contributed by atoms with Crippen molar-refractivity contribution in [2.45, 2.75) is 32.4 Å². The van der Waals surface area contributed by atoms with Gasteiger partial charge in [0.15, 0.2) is 0 Å². The van der Waals surface area contributed by atoms with Crippen molar-refractivity contribution in [2.75, 3.05) is 20.1 Å². The van der Waals surface area contributed by atoms with Gasteiger partial charge in [-0.3, -0.25) is 9.59 Å². The second-order valence-electron chi connectivity index (χ2n) is 6.70. The second-order valence-corrected chi connectivity index (χ2v) is 6.70. The fourth-order valence-electron chi connectivity index (χ4n) is 3.54. The predicted molar refractivity (Wildman–Crippen MR) is 99.0 cm³/mol. The number of rotatable bonds is 5. The highest BCUT2D eigenvalue weighted by Gasteiger charge is 2.30. The molecule has 1 N–H and O–H groups in total. The lowest BCUT2D eigenvalue weighted by Crippen LogP contribution is -2.43. The second kappa shape index (κ2) is 7.66. The zero-order valence-corrected chi connectivity index (χ0v) is 14.9. The van der Waals surface area contributed by atoms with Gasteiger partial charge in [0.1, 0.15) is 5.56 Å². The van der Waals surface area contributed by atoms with Crippen LogP contribution in [0.3, 0.4) is 0 Å². The SMILES string of the molecule is CNCC1CCCN1C(=O)c1cccn(Cc2cccc(C)c2)c1=O. The zero-order chi connectivity index (χ0) is 17.8. The zero-order valence-electron chi connectivity index (χ0n) is 14.9. The number of benzene rings is 1. The molecule has 1 aliphatic rings. The average molecular weight is 339 g/mol. The van der Waals surface area contributed by atoms with Crippen molar-refractivity contribution >= 4 is 5.91 Å². The molecule has 1 fully saturated rings. The van der Waals surface area contributed by atoms with Crippen LogP contribution in [0.15, 0.2) is 47.4 Å². The van der Waals surface area contributed by atoms with Crippen molar-refractivity contribution < 1.29 is 4.79 Å². The first-order valence-electron chi connectivity index (χ1n) is 8.80. The minimum atomic E-state index is -0.218. The highest BCUT2D eigenvalue weighted by Crippen LogP contribution is 2.18. The standard InChI is InChI=1S/C20H25N3O2/c1-15-6-3-7-16(12-15)14-22-10-5-9-18(19(22)24)20(25)23-11-4-8-17(23)13-21-2/h3,5-7,9-10,12,17,21H,4,8,11,13-14H2,1-2H3. The summed E-state index contributed by atoms with van der Waals surface area (Å²) in [5.41, 5.74) is 2.26. The molecule has 2 aromatic rings. The lowest BCUT2D eigenvalue weighted by molar-refractivity contribution is 0.0734. The van der Waals surface area contributed by atoms with Crippen LogP contribution in [0.2, 0.25) is 0 Å². The molecule has 1 unspecified atom stereocenters. The van der Waals surface area contributed by atoms with E-state index in [0.717, 1.165) is 37.1 Å². The molecule has 25 heavy (non-hydrogen) atoms. The molecule has 0 saturated carbocycles. The van der Waals surface area contributed by atoms with Crippen LogP contribution in [0.5, 0.6) is 0 Å². The Bertz CT molecular complexity index is 813. The number of aryl methyl sites for hydroxylation is 1. The van der Waals surface area contributed by atoms with E-state index < -0.39 is 0 Å². The third-order valence-corrected chi connectivity index (χ3v) is 4.76. The van der Waals surface area contributed by atoms with Gasteiger partial charge in [0.05, 0.1) is 6.54 Å². The first-order valence-corrected chi connectivity index (χ1v) is 8.80. The lowest BCUT2D eigenvalue weighted by atomic mass is 10.1. The minimum Gasteiger partial charge on any atom is -0.334 e. The molecule has 1 amide bonds. The molecule has 2 heterocycles. The fourth-order valence-corrected chi connectivity index (χ4v) is 3.54. The summed E-state index contributed by atoms with van der Waals surface area (Å²) < 4.78 is 1.62. The number of aromatic nitrogens is 1. The summed E-state index contributed by atoms with van der Waals surface area (Å²) in [6.45, 7) is 3.98. The Balaban J connectivity index is 1.86. The average Bonchev–Trinajstić information content (AvgIpc) is 3.05. The summed E-state index contributed by atoms with van der Waals surface area (Å²) >= 11 is 0. The summed E-state index contributed by atoms with van der Waals surface area (Å²) in [5, 5.41) is 3.13. The first-order chi connectivity index (χ1) is 12.1. The predicted octanol–water partition coefficient (Wildman–Crippen LogP) is 2.03. The van der Waals surface area contributed by atoms with Gasteiger partial charge in [-0.25, -0.2) is 0 Å². The third kappa shape index (κ3) is 3.82. The molecule has 0 spiro atoms. The monoisotopic (exact) mass is 339 g/mol. The van der Waals surface area contributed by atoms with E-state index in [1.165, 1.54) is 0 Å². The normalized spacial score (nSPS) is 17.0. The van der Waals surface area contributed by atoms with E-state index in [1.54, 1.807) is 22.9 Å². The van der Waals surface area contributed by atoms with Gasteiger partial charge >= 0.3 is 0 Å². The highest BCUT2D eigenvalue weighted by atomic mass is 16.2. The molecule has 5 heteroatoms. The largest absolute Gasteiger partial charge is 0.334 e. The van der Waals surface area contributed by atoms with Crippen molar-refractivity contribution in [3.05, 3.63) is 69.6 Å².